The van der Waals surface area contributed by atoms with Gasteiger partial charge in [-0.2, -0.15) is 0 Å². The summed E-state index contributed by atoms with van der Waals surface area (Å²) < 4.78 is 1.89. The number of hydrogen-bond donors (Lipinski definition) is 0. The number of aromatic nitrogens is 1. The van der Waals surface area contributed by atoms with Crippen LogP contribution in [0.3, 0.4) is 0 Å². The zero-order chi connectivity index (χ0) is 9.42. The fourth-order valence-corrected chi connectivity index (χ4v) is 2.56. The molecule has 2 nitrogen and oxygen atoms in total. The van der Waals surface area contributed by atoms with E-state index in [1.807, 2.05) is 12.1 Å². The van der Waals surface area contributed by atoms with Crippen molar-refractivity contribution < 1.29 is 4.79 Å². The van der Waals surface area contributed by atoms with Gasteiger partial charge in [0.2, 0.25) is 0 Å². The summed E-state index contributed by atoms with van der Waals surface area (Å²) in [6, 6.07) is 5.55. The van der Waals surface area contributed by atoms with Crippen LogP contribution in [-0.4, -0.2) is 10.8 Å². The van der Waals surface area contributed by atoms with E-state index in [1.165, 1.54) is 11.3 Å². The summed E-state index contributed by atoms with van der Waals surface area (Å²) >= 11 is 4.85. The molecule has 0 fully saturated rings. The van der Waals surface area contributed by atoms with Gasteiger partial charge < -0.3 is 0 Å². The van der Waals surface area contributed by atoms with Crippen LogP contribution in [-0.2, 0) is 0 Å². The third-order valence-electron chi connectivity index (χ3n) is 1.77. The van der Waals surface area contributed by atoms with Crippen LogP contribution in [0.5, 0.6) is 0 Å². The van der Waals surface area contributed by atoms with Crippen LogP contribution < -0.4 is 0 Å². The standard InChI is InChI=1S/C9H6BrNOS/c1-5(12)6-2-3-7-8(4-6)13-9(10)11-7/h2-4H,1H3. The van der Waals surface area contributed by atoms with Crippen LogP contribution in [0.15, 0.2) is 22.1 Å². The molecule has 4 heteroatoms. The van der Waals surface area contributed by atoms with Gasteiger partial charge in [0.1, 0.15) is 0 Å². The molecular formula is C9H6BrNOS. The summed E-state index contributed by atoms with van der Waals surface area (Å²) in [4.78, 5) is 15.3. The van der Waals surface area contributed by atoms with Gasteiger partial charge in [-0.3, -0.25) is 4.79 Å². The van der Waals surface area contributed by atoms with E-state index in [2.05, 4.69) is 20.9 Å². The van der Waals surface area contributed by atoms with Gasteiger partial charge in [0.15, 0.2) is 9.70 Å². The molecule has 0 aliphatic carbocycles. The van der Waals surface area contributed by atoms with Crippen LogP contribution in [0, 0.1) is 0 Å². The first-order valence-electron chi connectivity index (χ1n) is 3.74. The van der Waals surface area contributed by atoms with Gasteiger partial charge >= 0.3 is 0 Å². The van der Waals surface area contributed by atoms with Crippen molar-refractivity contribution in [2.75, 3.05) is 0 Å². The lowest BCUT2D eigenvalue weighted by molar-refractivity contribution is 0.101. The number of carbonyl (C=O) groups is 1. The van der Waals surface area contributed by atoms with Gasteiger partial charge in [-0.25, -0.2) is 4.98 Å². The van der Waals surface area contributed by atoms with Gasteiger partial charge in [-0.15, -0.1) is 11.3 Å². The van der Waals surface area contributed by atoms with Crippen molar-refractivity contribution >= 4 is 43.3 Å². The predicted octanol–water partition coefficient (Wildman–Crippen LogP) is 3.26. The highest BCUT2D eigenvalue weighted by molar-refractivity contribution is 9.11. The number of carbonyl (C=O) groups excluding carboxylic acids is 1. The Balaban J connectivity index is 2.67. The van der Waals surface area contributed by atoms with Crippen LogP contribution in [0.4, 0.5) is 0 Å². The van der Waals surface area contributed by atoms with Gasteiger partial charge in [-0.05, 0) is 41.1 Å². The summed E-state index contributed by atoms with van der Waals surface area (Å²) in [6.07, 6.45) is 0. The van der Waals surface area contributed by atoms with Gasteiger partial charge in [0.05, 0.1) is 10.2 Å². The minimum absolute atomic E-state index is 0.0893. The number of nitrogens with zero attached hydrogens (tertiary/aromatic N) is 1. The van der Waals surface area contributed by atoms with Crippen LogP contribution in [0.1, 0.15) is 17.3 Å². The smallest absolute Gasteiger partial charge is 0.160 e. The van der Waals surface area contributed by atoms with E-state index < -0.39 is 0 Å². The summed E-state index contributed by atoms with van der Waals surface area (Å²) in [7, 11) is 0. The molecule has 0 aliphatic rings. The molecule has 0 saturated heterocycles. The first-order valence-corrected chi connectivity index (χ1v) is 5.35. The van der Waals surface area contributed by atoms with E-state index in [0.29, 0.717) is 0 Å². The first-order chi connectivity index (χ1) is 6.16. The van der Waals surface area contributed by atoms with Gasteiger partial charge in [0.25, 0.3) is 0 Å². The topological polar surface area (TPSA) is 30.0 Å². The van der Waals surface area contributed by atoms with Crippen LogP contribution in [0.2, 0.25) is 0 Å². The number of thiazole rings is 1. The van der Waals surface area contributed by atoms with E-state index in [-0.39, 0.29) is 5.78 Å². The molecule has 1 aromatic heterocycles. The van der Waals surface area contributed by atoms with Crippen LogP contribution >= 0.6 is 27.3 Å². The van der Waals surface area contributed by atoms with Crippen molar-refractivity contribution in [2.24, 2.45) is 0 Å². The Morgan fingerprint density at radius 3 is 3.00 bits per heavy atom. The first kappa shape index (κ1) is 8.84. The quantitative estimate of drug-likeness (QED) is 0.733. The lowest BCUT2D eigenvalue weighted by atomic mass is 10.1. The number of Topliss-reactive ketones (excluding diaryl/α,β-unsaturated/α-hetero) is 1. The normalized spacial score (nSPS) is 10.6. The molecule has 0 spiro atoms. The Morgan fingerprint density at radius 2 is 2.31 bits per heavy atom. The summed E-state index contributed by atoms with van der Waals surface area (Å²) in [5.41, 5.74) is 1.67. The summed E-state index contributed by atoms with van der Waals surface area (Å²) in [6.45, 7) is 1.57. The molecular weight excluding hydrogens is 250 g/mol. The fraction of sp³-hybridized carbons (Fsp3) is 0.111. The third-order valence-corrected chi connectivity index (χ3v) is 3.24. The minimum atomic E-state index is 0.0893. The van der Waals surface area contributed by atoms with Gasteiger partial charge in [0, 0.05) is 5.56 Å². The second-order valence-electron chi connectivity index (χ2n) is 2.71. The molecule has 0 bridgehead atoms. The van der Waals surface area contributed by atoms with Crippen molar-refractivity contribution in [1.82, 2.24) is 4.98 Å². The number of benzene rings is 1. The highest BCUT2D eigenvalue weighted by Crippen LogP contribution is 2.26. The molecule has 2 rings (SSSR count). The highest BCUT2D eigenvalue weighted by Gasteiger charge is 2.04. The Labute approximate surface area is 87.7 Å². The van der Waals surface area contributed by atoms with Crippen LogP contribution in [0.25, 0.3) is 10.2 Å². The maximum Gasteiger partial charge on any atom is 0.160 e. The van der Waals surface area contributed by atoms with Crippen molar-refractivity contribution in [2.45, 2.75) is 6.92 Å². The van der Waals surface area contributed by atoms with Crippen molar-refractivity contribution in [3.05, 3.63) is 27.7 Å². The minimum Gasteiger partial charge on any atom is -0.295 e. The van der Waals surface area contributed by atoms with Crippen molar-refractivity contribution in [3.8, 4) is 0 Å². The average molecular weight is 256 g/mol. The van der Waals surface area contributed by atoms with E-state index in [0.717, 1.165) is 19.7 Å². The highest BCUT2D eigenvalue weighted by atomic mass is 79.9. The lowest BCUT2D eigenvalue weighted by Gasteiger charge is -1.93. The second kappa shape index (κ2) is 3.20. The largest absolute Gasteiger partial charge is 0.295 e. The summed E-state index contributed by atoms with van der Waals surface area (Å²) in [5, 5.41) is 0. The number of halogens is 1. The van der Waals surface area contributed by atoms with Crippen molar-refractivity contribution in [1.29, 1.82) is 0 Å². The molecule has 0 aliphatic heterocycles. The molecule has 0 radical (unpaired) electrons. The predicted molar refractivity (Wildman–Crippen MR) is 57.3 cm³/mol. The maximum absolute atomic E-state index is 11.1. The van der Waals surface area contributed by atoms with E-state index in [9.17, 15) is 4.79 Å². The molecule has 0 atom stereocenters. The molecule has 1 heterocycles. The third kappa shape index (κ3) is 1.64. The molecule has 13 heavy (non-hydrogen) atoms. The second-order valence-corrected chi connectivity index (χ2v) is 5.01. The Morgan fingerprint density at radius 1 is 1.54 bits per heavy atom. The molecule has 66 valence electrons. The number of fused-ring (bicyclic) bond motifs is 1. The Hall–Kier alpha value is -0.740. The van der Waals surface area contributed by atoms with Crippen molar-refractivity contribution in [3.63, 3.8) is 0 Å². The average Bonchev–Trinajstić information content (AvgIpc) is 2.42. The lowest BCUT2D eigenvalue weighted by Crippen LogP contribution is -1.89. The van der Waals surface area contributed by atoms with Gasteiger partial charge in [-0.1, -0.05) is 0 Å². The molecule has 0 unspecified atom stereocenters. The molecule has 0 amide bonds. The Bertz CT molecular complexity index is 477. The van der Waals surface area contributed by atoms with E-state index >= 15 is 0 Å². The number of hydrogen-bond acceptors (Lipinski definition) is 3. The number of rotatable bonds is 1. The maximum atomic E-state index is 11.1. The molecule has 2 aromatic rings. The monoisotopic (exact) mass is 255 g/mol. The molecule has 0 saturated carbocycles. The fourth-order valence-electron chi connectivity index (χ4n) is 1.12. The SMILES string of the molecule is CC(=O)c1ccc2nc(Br)sc2c1. The summed E-state index contributed by atoms with van der Waals surface area (Å²) in [5.74, 6) is 0.0893. The van der Waals surface area contributed by atoms with E-state index in [4.69, 9.17) is 0 Å². The number of ketones is 1. The molecule has 0 N–H and O–H groups in total. The van der Waals surface area contributed by atoms with E-state index in [1.54, 1.807) is 13.0 Å². The zero-order valence-corrected chi connectivity index (χ0v) is 9.28. The molecule has 1 aromatic carbocycles. The Kier molecular flexibility index (Phi) is 2.17. The zero-order valence-electron chi connectivity index (χ0n) is 6.87.